The lowest BCUT2D eigenvalue weighted by molar-refractivity contribution is -0.131. The van der Waals surface area contributed by atoms with Crippen LogP contribution < -0.4 is 0 Å². The number of pyridine rings is 1. The molecule has 0 bridgehead atoms. The van der Waals surface area contributed by atoms with Crippen LogP contribution in [0.25, 0.3) is 27.7 Å². The van der Waals surface area contributed by atoms with Crippen LogP contribution in [0.2, 0.25) is 5.02 Å². The highest BCUT2D eigenvalue weighted by molar-refractivity contribution is 7.13. The number of hydrogen-bond acceptors (Lipinski definition) is 4. The van der Waals surface area contributed by atoms with Crippen molar-refractivity contribution < 1.29 is 9.90 Å². The van der Waals surface area contributed by atoms with Crippen molar-refractivity contribution in [2.75, 3.05) is 0 Å². The molecule has 0 spiro atoms. The Morgan fingerprint density at radius 2 is 1.69 bits per heavy atom. The first-order chi connectivity index (χ1) is 17.1. The van der Waals surface area contributed by atoms with Gasteiger partial charge in [0.15, 0.2) is 0 Å². The average molecular weight is 499 g/mol. The van der Waals surface area contributed by atoms with Crippen LogP contribution in [0.1, 0.15) is 41.5 Å². The number of nitrogens with zero attached hydrogens (tertiary/aromatic N) is 2. The molecular weight excluding hydrogens is 476 g/mol. The Kier molecular flexibility index (Phi) is 6.89. The molecule has 1 saturated carbocycles. The van der Waals surface area contributed by atoms with Crippen LogP contribution in [0.15, 0.2) is 84.8 Å². The van der Waals surface area contributed by atoms with E-state index in [0.29, 0.717) is 10.9 Å². The summed E-state index contributed by atoms with van der Waals surface area (Å²) in [5.74, 6) is -0.548. The minimum atomic E-state index is -0.963. The van der Waals surface area contributed by atoms with Gasteiger partial charge in [0.2, 0.25) is 0 Å². The van der Waals surface area contributed by atoms with Crippen LogP contribution in [0.5, 0.6) is 0 Å². The summed E-state index contributed by atoms with van der Waals surface area (Å²) >= 11 is 8.31. The fourth-order valence-electron chi connectivity index (χ4n) is 4.41. The molecule has 0 amide bonds. The van der Waals surface area contributed by atoms with E-state index < -0.39 is 5.97 Å². The highest BCUT2D eigenvalue weighted by Gasteiger charge is 2.28. The first-order valence-electron chi connectivity index (χ1n) is 11.4. The Labute approximate surface area is 213 Å². The molecule has 1 N–H and O–H groups in total. The Hall–Kier alpha value is -3.54. The van der Waals surface area contributed by atoms with Crippen molar-refractivity contribution in [3.63, 3.8) is 0 Å². The van der Waals surface area contributed by atoms with E-state index >= 15 is 0 Å². The Bertz CT molecular complexity index is 1390. The normalized spacial score (nSPS) is 14.5. The second-order valence-corrected chi connectivity index (χ2v) is 9.80. The van der Waals surface area contributed by atoms with E-state index in [4.69, 9.17) is 16.7 Å². The van der Waals surface area contributed by atoms with E-state index in [2.05, 4.69) is 46.4 Å². The van der Waals surface area contributed by atoms with Crippen LogP contribution in [0.4, 0.5) is 0 Å². The number of aromatic nitrogens is 2. The van der Waals surface area contributed by atoms with Crippen molar-refractivity contribution in [3.8, 4) is 10.4 Å². The summed E-state index contributed by atoms with van der Waals surface area (Å²) in [4.78, 5) is 20.5. The monoisotopic (exact) mass is 498 g/mol. The number of thiazole rings is 1. The predicted octanol–water partition coefficient (Wildman–Crippen LogP) is 7.72. The summed E-state index contributed by atoms with van der Waals surface area (Å²) in [7, 11) is 0. The summed E-state index contributed by atoms with van der Waals surface area (Å²) in [6, 6.07) is 18.6. The number of benzene rings is 2. The Morgan fingerprint density at radius 1 is 0.971 bits per heavy atom. The first-order valence-corrected chi connectivity index (χ1v) is 12.7. The van der Waals surface area contributed by atoms with E-state index in [0.717, 1.165) is 57.2 Å². The highest BCUT2D eigenvalue weighted by Crippen LogP contribution is 2.46. The van der Waals surface area contributed by atoms with E-state index in [9.17, 15) is 4.79 Å². The molecule has 0 atom stereocenters. The molecule has 0 radical (unpaired) electrons. The summed E-state index contributed by atoms with van der Waals surface area (Å²) < 4.78 is 0. The molecule has 2 heterocycles. The van der Waals surface area contributed by atoms with E-state index in [1.807, 2.05) is 29.9 Å². The maximum atomic E-state index is 10.9. The molecule has 0 aliphatic heterocycles. The lowest BCUT2D eigenvalue weighted by atomic mass is 9.73. The van der Waals surface area contributed by atoms with Gasteiger partial charge in [-0.1, -0.05) is 66.6 Å². The number of aliphatic carboxylic acids is 1. The number of halogens is 1. The van der Waals surface area contributed by atoms with Crippen LogP contribution in [0.3, 0.4) is 0 Å². The maximum absolute atomic E-state index is 10.9. The van der Waals surface area contributed by atoms with Gasteiger partial charge in [-0.3, -0.25) is 9.97 Å². The van der Waals surface area contributed by atoms with Gasteiger partial charge in [-0.05, 0) is 64.3 Å². The number of carbonyl (C=O) groups is 1. The fraction of sp³-hybridized carbons (Fsp3) is 0.138. The Morgan fingerprint density at radius 3 is 2.26 bits per heavy atom. The lowest BCUT2D eigenvalue weighted by Gasteiger charge is -2.32. The highest BCUT2D eigenvalue weighted by atomic mass is 35.5. The van der Waals surface area contributed by atoms with Gasteiger partial charge in [-0.2, -0.15) is 0 Å². The fourth-order valence-corrected chi connectivity index (χ4v) is 5.27. The van der Waals surface area contributed by atoms with Gasteiger partial charge >= 0.3 is 5.97 Å². The van der Waals surface area contributed by atoms with Crippen LogP contribution in [0, 0.1) is 5.92 Å². The average Bonchev–Trinajstić information content (AvgIpc) is 3.38. The molecule has 4 aromatic rings. The van der Waals surface area contributed by atoms with Crippen molar-refractivity contribution in [2.24, 2.45) is 5.92 Å². The van der Waals surface area contributed by atoms with Gasteiger partial charge in [-0.15, -0.1) is 11.3 Å². The zero-order chi connectivity index (χ0) is 24.2. The topological polar surface area (TPSA) is 63.1 Å². The van der Waals surface area contributed by atoms with Gasteiger partial charge < -0.3 is 5.11 Å². The molecule has 174 valence electrons. The number of carboxylic acid groups (broad SMARTS) is 1. The second-order valence-electron chi connectivity index (χ2n) is 8.51. The van der Waals surface area contributed by atoms with E-state index in [-0.39, 0.29) is 0 Å². The number of carboxylic acids is 1. The van der Waals surface area contributed by atoms with E-state index in [1.165, 1.54) is 12.0 Å². The van der Waals surface area contributed by atoms with Gasteiger partial charge in [0.05, 0.1) is 15.4 Å². The predicted molar refractivity (Wildman–Crippen MR) is 143 cm³/mol. The summed E-state index contributed by atoms with van der Waals surface area (Å²) in [6.45, 7) is 0. The van der Waals surface area contributed by atoms with Crippen LogP contribution in [-0.2, 0) is 4.79 Å². The Balaban J connectivity index is 1.68. The van der Waals surface area contributed by atoms with E-state index in [1.54, 1.807) is 29.8 Å². The molecule has 4 nitrogen and oxygen atoms in total. The second kappa shape index (κ2) is 10.4. The molecule has 5 rings (SSSR count). The standard InChI is InChI=1S/C29H23ClN2O2S/c30-25-16-31-15-14-24(25)29(21-2-1-3-21)28(22-7-4-19(5-8-22)6-13-27(33)34)23-11-9-20(10-12-23)26-17-32-18-35-26/h4-18,21H,1-3H2,(H,33,34)/b13-6+,29-28+. The van der Waals surface area contributed by atoms with Crippen molar-refractivity contribution in [1.29, 1.82) is 0 Å². The third-order valence-electron chi connectivity index (χ3n) is 6.35. The minimum Gasteiger partial charge on any atom is -0.478 e. The van der Waals surface area contributed by atoms with Crippen molar-refractivity contribution in [2.45, 2.75) is 19.3 Å². The van der Waals surface area contributed by atoms with Crippen LogP contribution >= 0.6 is 22.9 Å². The molecule has 1 fully saturated rings. The van der Waals surface area contributed by atoms with Crippen LogP contribution in [-0.4, -0.2) is 21.0 Å². The molecule has 35 heavy (non-hydrogen) atoms. The smallest absolute Gasteiger partial charge is 0.328 e. The molecule has 0 saturated heterocycles. The molecule has 1 aliphatic carbocycles. The molecule has 6 heteroatoms. The molecule has 2 aromatic carbocycles. The van der Waals surface area contributed by atoms with Gasteiger partial charge in [0.25, 0.3) is 0 Å². The SMILES string of the molecule is O=C(O)/C=C/c1ccc(/C(=C(\c2ccncc2Cl)C2CCC2)c2ccc(-c3cncs3)cc2)cc1. The maximum Gasteiger partial charge on any atom is 0.328 e. The molecular formula is C29H23ClN2O2S. The van der Waals surface area contributed by atoms with Gasteiger partial charge in [-0.25, -0.2) is 4.79 Å². The van der Waals surface area contributed by atoms with Crippen molar-refractivity contribution in [1.82, 2.24) is 9.97 Å². The lowest BCUT2D eigenvalue weighted by Crippen LogP contribution is -2.15. The van der Waals surface area contributed by atoms with Gasteiger partial charge in [0.1, 0.15) is 0 Å². The molecule has 2 aromatic heterocycles. The first kappa shape index (κ1) is 23.2. The molecule has 1 aliphatic rings. The van der Waals surface area contributed by atoms with Crippen molar-refractivity contribution in [3.05, 3.63) is 112 Å². The zero-order valence-corrected chi connectivity index (χ0v) is 20.5. The largest absolute Gasteiger partial charge is 0.478 e. The number of rotatable bonds is 7. The zero-order valence-electron chi connectivity index (χ0n) is 18.9. The quantitative estimate of drug-likeness (QED) is 0.265. The third kappa shape index (κ3) is 5.11. The molecule has 0 unspecified atom stereocenters. The number of hydrogen-bond donors (Lipinski definition) is 1. The minimum absolute atomic E-state index is 0.414. The third-order valence-corrected chi connectivity index (χ3v) is 7.48. The van der Waals surface area contributed by atoms with Gasteiger partial charge in [0, 0.05) is 30.2 Å². The summed E-state index contributed by atoms with van der Waals surface area (Å²) in [6.07, 6.45) is 11.6. The number of allylic oxidation sites excluding steroid dienone is 1. The summed E-state index contributed by atoms with van der Waals surface area (Å²) in [5.41, 5.74) is 9.40. The summed E-state index contributed by atoms with van der Waals surface area (Å²) in [5, 5.41) is 9.61. The van der Waals surface area contributed by atoms with Crippen molar-refractivity contribution >= 4 is 46.1 Å².